The second-order valence-corrected chi connectivity index (χ2v) is 3.83. The van der Waals surface area contributed by atoms with Crippen molar-refractivity contribution < 1.29 is 9.90 Å². The third-order valence-electron chi connectivity index (χ3n) is 2.34. The first-order chi connectivity index (χ1) is 7.59. The quantitative estimate of drug-likeness (QED) is 0.726. The molecule has 0 spiro atoms. The number of nitrogens with zero attached hydrogens (tertiary/aromatic N) is 2. The minimum Gasteiger partial charge on any atom is -0.480 e. The molecule has 0 amide bonds. The van der Waals surface area contributed by atoms with Gasteiger partial charge in [0.2, 0.25) is 0 Å². The summed E-state index contributed by atoms with van der Waals surface area (Å²) in [5.74, 6) is -0.947. The molecule has 1 heterocycles. The second-order valence-electron chi connectivity index (χ2n) is 3.83. The van der Waals surface area contributed by atoms with Crippen molar-refractivity contribution in [2.24, 2.45) is 5.73 Å². The van der Waals surface area contributed by atoms with Crippen molar-refractivity contribution in [3.63, 3.8) is 0 Å². The van der Waals surface area contributed by atoms with Crippen molar-refractivity contribution in [2.45, 2.75) is 19.0 Å². The average Bonchev–Trinajstić information content (AvgIpc) is 2.27. The lowest BCUT2D eigenvalue weighted by atomic mass is 10.2. The zero-order chi connectivity index (χ0) is 12.0. The van der Waals surface area contributed by atoms with Crippen LogP contribution in [0.15, 0.2) is 24.5 Å². The number of pyridine rings is 1. The van der Waals surface area contributed by atoms with Gasteiger partial charge in [-0.3, -0.25) is 9.78 Å². The maximum Gasteiger partial charge on any atom is 0.320 e. The van der Waals surface area contributed by atoms with Crippen LogP contribution in [0.3, 0.4) is 0 Å². The van der Waals surface area contributed by atoms with Crippen LogP contribution in [-0.2, 0) is 11.3 Å². The SMILES string of the molecule is CN(CCC(N)C(=O)O)Cc1ccncc1. The molecule has 1 unspecified atom stereocenters. The van der Waals surface area contributed by atoms with E-state index in [9.17, 15) is 4.79 Å². The zero-order valence-corrected chi connectivity index (χ0v) is 9.34. The molecule has 1 aromatic heterocycles. The molecular formula is C11H17N3O2. The molecule has 0 fully saturated rings. The van der Waals surface area contributed by atoms with E-state index in [1.54, 1.807) is 12.4 Å². The lowest BCUT2D eigenvalue weighted by Gasteiger charge is -2.17. The van der Waals surface area contributed by atoms with Crippen LogP contribution in [0, 0.1) is 0 Å². The highest BCUT2D eigenvalue weighted by Crippen LogP contribution is 2.02. The molecule has 0 aromatic carbocycles. The monoisotopic (exact) mass is 223 g/mol. The standard InChI is InChI=1S/C11H17N3O2/c1-14(7-4-10(12)11(15)16)8-9-2-5-13-6-3-9/h2-3,5-6,10H,4,7-8,12H2,1H3,(H,15,16). The summed E-state index contributed by atoms with van der Waals surface area (Å²) in [6, 6.07) is 3.10. The van der Waals surface area contributed by atoms with E-state index in [0.717, 1.165) is 12.1 Å². The lowest BCUT2D eigenvalue weighted by molar-refractivity contribution is -0.138. The maximum absolute atomic E-state index is 10.5. The maximum atomic E-state index is 10.5. The molecule has 1 aromatic rings. The summed E-state index contributed by atoms with van der Waals surface area (Å²) in [6.07, 6.45) is 3.94. The highest BCUT2D eigenvalue weighted by molar-refractivity contribution is 5.72. The summed E-state index contributed by atoms with van der Waals surface area (Å²) in [6.45, 7) is 1.44. The molecule has 0 aliphatic rings. The van der Waals surface area contributed by atoms with Crippen LogP contribution in [0.1, 0.15) is 12.0 Å². The van der Waals surface area contributed by atoms with E-state index in [2.05, 4.69) is 4.98 Å². The van der Waals surface area contributed by atoms with E-state index in [1.165, 1.54) is 0 Å². The first kappa shape index (κ1) is 12.6. The van der Waals surface area contributed by atoms with Crippen molar-refractivity contribution in [1.29, 1.82) is 0 Å². The van der Waals surface area contributed by atoms with Crippen LogP contribution in [0.25, 0.3) is 0 Å². The van der Waals surface area contributed by atoms with Crippen LogP contribution >= 0.6 is 0 Å². The molecule has 16 heavy (non-hydrogen) atoms. The Morgan fingerprint density at radius 1 is 1.56 bits per heavy atom. The number of carboxylic acid groups (broad SMARTS) is 1. The fraction of sp³-hybridized carbons (Fsp3) is 0.455. The number of nitrogens with two attached hydrogens (primary N) is 1. The highest BCUT2D eigenvalue weighted by Gasteiger charge is 2.11. The van der Waals surface area contributed by atoms with Gasteiger partial charge in [0.25, 0.3) is 0 Å². The largest absolute Gasteiger partial charge is 0.480 e. The van der Waals surface area contributed by atoms with Crippen LogP contribution in [0.2, 0.25) is 0 Å². The van der Waals surface area contributed by atoms with Gasteiger partial charge in [-0.25, -0.2) is 0 Å². The van der Waals surface area contributed by atoms with Crippen molar-refractivity contribution in [3.05, 3.63) is 30.1 Å². The first-order valence-electron chi connectivity index (χ1n) is 5.15. The van der Waals surface area contributed by atoms with E-state index in [-0.39, 0.29) is 0 Å². The van der Waals surface area contributed by atoms with E-state index in [4.69, 9.17) is 10.8 Å². The summed E-state index contributed by atoms with van der Waals surface area (Å²) in [7, 11) is 1.94. The Labute approximate surface area is 94.9 Å². The molecule has 3 N–H and O–H groups in total. The summed E-state index contributed by atoms with van der Waals surface area (Å²) in [5, 5.41) is 8.63. The Hall–Kier alpha value is -1.46. The first-order valence-corrected chi connectivity index (χ1v) is 5.15. The molecule has 0 aliphatic heterocycles. The van der Waals surface area contributed by atoms with Crippen molar-refractivity contribution in [3.8, 4) is 0 Å². The van der Waals surface area contributed by atoms with Crippen LogP contribution in [-0.4, -0.2) is 40.6 Å². The van der Waals surface area contributed by atoms with Crippen molar-refractivity contribution >= 4 is 5.97 Å². The fourth-order valence-electron chi connectivity index (χ4n) is 1.36. The van der Waals surface area contributed by atoms with Gasteiger partial charge in [0.05, 0.1) is 0 Å². The minimum absolute atomic E-state index is 0.455. The third-order valence-corrected chi connectivity index (χ3v) is 2.34. The predicted molar refractivity (Wildman–Crippen MR) is 60.8 cm³/mol. The third kappa shape index (κ3) is 4.37. The summed E-state index contributed by atoms with van der Waals surface area (Å²) in [5.41, 5.74) is 6.58. The van der Waals surface area contributed by atoms with E-state index in [1.807, 2.05) is 24.1 Å². The fourth-order valence-corrected chi connectivity index (χ4v) is 1.36. The number of hydrogen-bond acceptors (Lipinski definition) is 4. The zero-order valence-electron chi connectivity index (χ0n) is 9.34. The van der Waals surface area contributed by atoms with Gasteiger partial charge in [-0.15, -0.1) is 0 Å². The van der Waals surface area contributed by atoms with Gasteiger partial charge in [-0.05, 0) is 31.2 Å². The topological polar surface area (TPSA) is 79.5 Å². The molecule has 5 nitrogen and oxygen atoms in total. The van der Waals surface area contributed by atoms with Crippen molar-refractivity contribution in [2.75, 3.05) is 13.6 Å². The smallest absolute Gasteiger partial charge is 0.320 e. The van der Waals surface area contributed by atoms with Crippen LogP contribution < -0.4 is 5.73 Å². The molecule has 0 aliphatic carbocycles. The molecule has 88 valence electrons. The normalized spacial score (nSPS) is 12.7. The predicted octanol–water partition coefficient (Wildman–Crippen LogP) is 0.315. The number of aromatic nitrogens is 1. The molecule has 0 bridgehead atoms. The van der Waals surface area contributed by atoms with Gasteiger partial charge in [-0.1, -0.05) is 0 Å². The number of rotatable bonds is 6. The van der Waals surface area contributed by atoms with Crippen LogP contribution in [0.4, 0.5) is 0 Å². The molecule has 1 rings (SSSR count). The highest BCUT2D eigenvalue weighted by atomic mass is 16.4. The molecule has 0 radical (unpaired) electrons. The van der Waals surface area contributed by atoms with Gasteiger partial charge in [0.15, 0.2) is 0 Å². The van der Waals surface area contributed by atoms with Gasteiger partial charge >= 0.3 is 5.97 Å². The lowest BCUT2D eigenvalue weighted by Crippen LogP contribution is -2.34. The molecule has 5 heteroatoms. The number of aliphatic carboxylic acids is 1. The average molecular weight is 223 g/mol. The van der Waals surface area contributed by atoms with Crippen LogP contribution in [0.5, 0.6) is 0 Å². The van der Waals surface area contributed by atoms with Gasteiger partial charge in [0, 0.05) is 25.5 Å². The van der Waals surface area contributed by atoms with E-state index >= 15 is 0 Å². The Kier molecular flexibility index (Phi) is 4.88. The summed E-state index contributed by atoms with van der Waals surface area (Å²) >= 11 is 0. The Morgan fingerprint density at radius 2 is 2.19 bits per heavy atom. The molecule has 1 atom stereocenters. The number of carbonyl (C=O) groups is 1. The van der Waals surface area contributed by atoms with E-state index < -0.39 is 12.0 Å². The Balaban J connectivity index is 2.31. The van der Waals surface area contributed by atoms with E-state index in [0.29, 0.717) is 13.0 Å². The number of carboxylic acids is 1. The van der Waals surface area contributed by atoms with Gasteiger partial charge in [0.1, 0.15) is 6.04 Å². The minimum atomic E-state index is -0.947. The van der Waals surface area contributed by atoms with Crippen molar-refractivity contribution in [1.82, 2.24) is 9.88 Å². The molecule has 0 saturated carbocycles. The Bertz CT molecular complexity index is 329. The molecule has 0 saturated heterocycles. The summed E-state index contributed by atoms with van der Waals surface area (Å²) < 4.78 is 0. The number of hydrogen-bond donors (Lipinski definition) is 2. The summed E-state index contributed by atoms with van der Waals surface area (Å²) in [4.78, 5) is 16.5. The van der Waals surface area contributed by atoms with Gasteiger partial charge < -0.3 is 15.7 Å². The molecular weight excluding hydrogens is 206 g/mol. The van der Waals surface area contributed by atoms with Gasteiger partial charge in [-0.2, -0.15) is 0 Å². The Morgan fingerprint density at radius 3 is 2.75 bits per heavy atom. The second kappa shape index (κ2) is 6.19.